The summed E-state index contributed by atoms with van der Waals surface area (Å²) >= 11 is 0. The van der Waals surface area contributed by atoms with Crippen LogP contribution >= 0.6 is 0 Å². The van der Waals surface area contributed by atoms with Crippen LogP contribution in [0.4, 0.5) is 0 Å². The number of phenols is 1. The van der Waals surface area contributed by atoms with Crippen molar-refractivity contribution in [3.8, 4) is 5.75 Å². The lowest BCUT2D eigenvalue weighted by Crippen LogP contribution is -2.56. The number of aromatic hydroxyl groups is 1. The first kappa shape index (κ1) is 20.4. The fraction of sp³-hybridized carbons (Fsp3) is 0.400. The molecule has 0 fully saturated rings. The topological polar surface area (TPSA) is 182 Å². The van der Waals surface area contributed by atoms with E-state index in [4.69, 9.17) is 10.8 Å². The van der Waals surface area contributed by atoms with Crippen LogP contribution in [0.2, 0.25) is 0 Å². The zero-order chi connectivity index (χ0) is 19.0. The molecule has 0 radical (unpaired) electrons. The van der Waals surface area contributed by atoms with Crippen molar-refractivity contribution in [2.45, 2.75) is 24.5 Å². The number of amides is 2. The van der Waals surface area contributed by atoms with E-state index >= 15 is 0 Å². The summed E-state index contributed by atoms with van der Waals surface area (Å²) in [6.07, 6.45) is -0.0659. The van der Waals surface area contributed by atoms with Crippen molar-refractivity contribution in [2.24, 2.45) is 5.73 Å². The highest BCUT2D eigenvalue weighted by molar-refractivity contribution is 5.91. The molecule has 0 aliphatic carbocycles. The molecule has 8 N–H and O–H groups in total. The quantitative estimate of drug-likeness (QED) is 0.250. The first-order valence-corrected chi connectivity index (χ1v) is 7.37. The number of nitrogens with one attached hydrogen (secondary N) is 2. The molecule has 2 amide bonds. The van der Waals surface area contributed by atoms with Crippen molar-refractivity contribution < 1.29 is 34.8 Å². The highest BCUT2D eigenvalue weighted by Crippen LogP contribution is 2.11. The van der Waals surface area contributed by atoms with E-state index in [1.807, 2.05) is 0 Å². The lowest BCUT2D eigenvalue weighted by Gasteiger charge is -2.21. The average molecular weight is 355 g/mol. The first-order valence-electron chi connectivity index (χ1n) is 7.37. The van der Waals surface area contributed by atoms with Gasteiger partial charge in [0, 0.05) is 6.42 Å². The Kier molecular flexibility index (Phi) is 7.79. The van der Waals surface area contributed by atoms with Crippen LogP contribution in [0.5, 0.6) is 5.75 Å². The molecule has 0 unspecified atom stereocenters. The van der Waals surface area contributed by atoms with Crippen molar-refractivity contribution in [1.82, 2.24) is 10.6 Å². The maximum atomic E-state index is 12.1. The van der Waals surface area contributed by atoms with Crippen molar-refractivity contribution in [2.75, 3.05) is 13.2 Å². The molecule has 0 aliphatic rings. The third-order valence-electron chi connectivity index (χ3n) is 3.34. The standard InChI is InChI=1S/C15H21N3O7/c16-10(6-19)13(22)18-12(7-20)14(23)17-11(15(24)25)5-8-1-3-9(21)4-2-8/h1-4,10-12,19-21H,5-7,16H2,(H,17,23)(H,18,22)(H,24,25)/t10-,11-,12-/m0/s1. The Labute approximate surface area is 143 Å². The summed E-state index contributed by atoms with van der Waals surface area (Å²) in [6.45, 7) is -1.43. The van der Waals surface area contributed by atoms with Crippen LogP contribution in [0.1, 0.15) is 5.56 Å². The van der Waals surface area contributed by atoms with E-state index in [2.05, 4.69) is 10.6 Å². The van der Waals surface area contributed by atoms with E-state index < -0.39 is 49.1 Å². The number of aliphatic carboxylic acids is 1. The molecule has 0 aliphatic heterocycles. The normalized spacial score (nSPS) is 14.2. The van der Waals surface area contributed by atoms with Gasteiger partial charge < -0.3 is 36.8 Å². The number of aliphatic hydroxyl groups excluding tert-OH is 2. The molecule has 25 heavy (non-hydrogen) atoms. The Morgan fingerprint density at radius 3 is 2.00 bits per heavy atom. The molecule has 0 saturated carbocycles. The van der Waals surface area contributed by atoms with Gasteiger partial charge in [-0.2, -0.15) is 0 Å². The van der Waals surface area contributed by atoms with Gasteiger partial charge in [-0.1, -0.05) is 12.1 Å². The minimum atomic E-state index is -1.41. The van der Waals surface area contributed by atoms with Gasteiger partial charge in [0.05, 0.1) is 13.2 Å². The minimum Gasteiger partial charge on any atom is -0.508 e. The van der Waals surface area contributed by atoms with Crippen LogP contribution in [-0.2, 0) is 20.8 Å². The molecule has 10 heteroatoms. The van der Waals surface area contributed by atoms with Gasteiger partial charge in [-0.05, 0) is 17.7 Å². The summed E-state index contributed by atoms with van der Waals surface area (Å²) in [4.78, 5) is 35.0. The number of nitrogens with two attached hydrogens (primary N) is 1. The molecular weight excluding hydrogens is 334 g/mol. The van der Waals surface area contributed by atoms with Crippen LogP contribution in [0.15, 0.2) is 24.3 Å². The maximum absolute atomic E-state index is 12.1. The number of carbonyl (C=O) groups excluding carboxylic acids is 2. The van der Waals surface area contributed by atoms with Crippen molar-refractivity contribution >= 4 is 17.8 Å². The molecule has 0 saturated heterocycles. The average Bonchev–Trinajstić information content (AvgIpc) is 2.59. The van der Waals surface area contributed by atoms with Crippen molar-refractivity contribution in [3.05, 3.63) is 29.8 Å². The molecule has 138 valence electrons. The van der Waals surface area contributed by atoms with Gasteiger partial charge in [0.2, 0.25) is 11.8 Å². The molecule has 0 aromatic heterocycles. The Balaban J connectivity index is 2.75. The predicted octanol–water partition coefficient (Wildman–Crippen LogP) is -2.70. The Hall–Kier alpha value is -2.69. The van der Waals surface area contributed by atoms with Crippen LogP contribution in [0.25, 0.3) is 0 Å². The SMILES string of the molecule is N[C@@H](CO)C(=O)N[C@@H](CO)C(=O)N[C@@H](Cc1ccc(O)cc1)C(=O)O. The Bertz CT molecular complexity index is 606. The second-order valence-corrected chi connectivity index (χ2v) is 5.30. The lowest BCUT2D eigenvalue weighted by atomic mass is 10.1. The number of hydrogen-bond donors (Lipinski definition) is 7. The van der Waals surface area contributed by atoms with E-state index in [1.165, 1.54) is 24.3 Å². The third kappa shape index (κ3) is 6.37. The second kappa shape index (κ2) is 9.57. The molecule has 1 aromatic rings. The largest absolute Gasteiger partial charge is 0.508 e. The van der Waals surface area contributed by atoms with Gasteiger partial charge in [-0.25, -0.2) is 4.79 Å². The number of phenolic OH excluding ortho intramolecular Hbond substituents is 1. The number of carbonyl (C=O) groups is 3. The number of rotatable bonds is 9. The summed E-state index contributed by atoms with van der Waals surface area (Å²) in [5.74, 6) is -3.06. The van der Waals surface area contributed by atoms with Crippen LogP contribution in [-0.4, -0.2) is 69.5 Å². The van der Waals surface area contributed by atoms with E-state index in [9.17, 15) is 29.7 Å². The van der Waals surface area contributed by atoms with Gasteiger partial charge in [-0.15, -0.1) is 0 Å². The fourth-order valence-corrected chi connectivity index (χ4v) is 1.90. The molecular formula is C15H21N3O7. The summed E-state index contributed by atoms with van der Waals surface area (Å²) in [5.41, 5.74) is 5.85. The summed E-state index contributed by atoms with van der Waals surface area (Å²) in [7, 11) is 0. The number of carboxylic acid groups (broad SMARTS) is 1. The molecule has 0 heterocycles. The van der Waals surface area contributed by atoms with Gasteiger partial charge in [0.15, 0.2) is 0 Å². The summed E-state index contributed by atoms with van der Waals surface area (Å²) in [5, 5.41) is 40.8. The molecule has 0 bridgehead atoms. The smallest absolute Gasteiger partial charge is 0.326 e. The highest BCUT2D eigenvalue weighted by Gasteiger charge is 2.27. The van der Waals surface area contributed by atoms with Gasteiger partial charge >= 0.3 is 5.97 Å². The molecule has 10 nitrogen and oxygen atoms in total. The first-order chi connectivity index (χ1) is 11.8. The van der Waals surface area contributed by atoms with Gasteiger partial charge in [0.1, 0.15) is 23.9 Å². The highest BCUT2D eigenvalue weighted by atomic mass is 16.4. The number of hydrogen-bond acceptors (Lipinski definition) is 7. The van der Waals surface area contributed by atoms with Gasteiger partial charge in [0.25, 0.3) is 0 Å². The Morgan fingerprint density at radius 2 is 1.52 bits per heavy atom. The van der Waals surface area contributed by atoms with Crippen molar-refractivity contribution in [1.29, 1.82) is 0 Å². The maximum Gasteiger partial charge on any atom is 0.326 e. The van der Waals surface area contributed by atoms with E-state index in [-0.39, 0.29) is 12.2 Å². The lowest BCUT2D eigenvalue weighted by molar-refractivity contribution is -0.142. The molecule has 1 rings (SSSR count). The van der Waals surface area contributed by atoms with E-state index in [1.54, 1.807) is 0 Å². The zero-order valence-electron chi connectivity index (χ0n) is 13.3. The Morgan fingerprint density at radius 1 is 0.960 bits per heavy atom. The van der Waals surface area contributed by atoms with Crippen LogP contribution < -0.4 is 16.4 Å². The summed E-state index contributed by atoms with van der Waals surface area (Å²) in [6, 6.07) is 1.77. The van der Waals surface area contributed by atoms with Crippen molar-refractivity contribution in [3.63, 3.8) is 0 Å². The monoisotopic (exact) mass is 355 g/mol. The molecule has 0 spiro atoms. The predicted molar refractivity (Wildman–Crippen MR) is 85.5 cm³/mol. The number of carboxylic acids is 1. The molecule has 3 atom stereocenters. The third-order valence-corrected chi connectivity index (χ3v) is 3.34. The number of aliphatic hydroxyl groups is 2. The second-order valence-electron chi connectivity index (χ2n) is 5.30. The fourth-order valence-electron chi connectivity index (χ4n) is 1.90. The van der Waals surface area contributed by atoms with Crippen LogP contribution in [0, 0.1) is 0 Å². The number of benzene rings is 1. The van der Waals surface area contributed by atoms with E-state index in [0.717, 1.165) is 0 Å². The van der Waals surface area contributed by atoms with Crippen LogP contribution in [0.3, 0.4) is 0 Å². The zero-order valence-corrected chi connectivity index (χ0v) is 13.3. The molecule has 1 aromatic carbocycles. The van der Waals surface area contributed by atoms with Gasteiger partial charge in [-0.3, -0.25) is 9.59 Å². The van der Waals surface area contributed by atoms with E-state index in [0.29, 0.717) is 5.56 Å². The summed E-state index contributed by atoms with van der Waals surface area (Å²) < 4.78 is 0. The minimum absolute atomic E-state index is 0.0166.